The summed E-state index contributed by atoms with van der Waals surface area (Å²) in [7, 11) is 0. The summed E-state index contributed by atoms with van der Waals surface area (Å²) in [6, 6.07) is 8.41. The molecule has 0 spiro atoms. The second-order valence-corrected chi connectivity index (χ2v) is 8.20. The van der Waals surface area contributed by atoms with Gasteiger partial charge < -0.3 is 4.42 Å². The van der Waals surface area contributed by atoms with E-state index >= 15 is 0 Å². The Bertz CT molecular complexity index is 1410. The van der Waals surface area contributed by atoms with Crippen molar-refractivity contribution in [3.8, 4) is 0 Å². The first kappa shape index (κ1) is 17.8. The van der Waals surface area contributed by atoms with Crippen LogP contribution in [0.25, 0.3) is 21.2 Å². The third kappa shape index (κ3) is 2.87. The maximum absolute atomic E-state index is 13.2. The minimum atomic E-state index is -0.756. The zero-order valence-corrected chi connectivity index (χ0v) is 16.5. The van der Waals surface area contributed by atoms with Crippen molar-refractivity contribution in [2.75, 3.05) is 5.43 Å². The molecule has 0 fully saturated rings. The van der Waals surface area contributed by atoms with Gasteiger partial charge in [0.1, 0.15) is 21.8 Å². The molecule has 0 aliphatic heterocycles. The van der Waals surface area contributed by atoms with Gasteiger partial charge in [-0.1, -0.05) is 18.2 Å². The summed E-state index contributed by atoms with van der Waals surface area (Å²) in [6.07, 6.45) is 3.95. The second kappa shape index (κ2) is 6.66. The SMILES string of the molecule is Cc1nc2sc3c(c2c(=O)n1NC(=O)c1cc2ccccc2oc1=O)CCCC3. The highest BCUT2D eigenvalue weighted by Gasteiger charge is 2.22. The lowest BCUT2D eigenvalue weighted by Gasteiger charge is -2.12. The summed E-state index contributed by atoms with van der Waals surface area (Å²) in [5.41, 5.74) is 2.74. The van der Waals surface area contributed by atoms with Crippen LogP contribution in [0.4, 0.5) is 0 Å². The molecule has 146 valence electrons. The molecule has 0 unspecified atom stereocenters. The average molecular weight is 407 g/mol. The molecule has 1 aliphatic rings. The molecule has 0 radical (unpaired) electrons. The molecule has 0 atom stereocenters. The molecule has 5 rings (SSSR count). The van der Waals surface area contributed by atoms with Crippen LogP contribution in [0.2, 0.25) is 0 Å². The molecule has 3 aromatic heterocycles. The van der Waals surface area contributed by atoms with Gasteiger partial charge >= 0.3 is 5.63 Å². The van der Waals surface area contributed by atoms with Crippen LogP contribution < -0.4 is 16.6 Å². The fourth-order valence-electron chi connectivity index (χ4n) is 3.82. The van der Waals surface area contributed by atoms with Crippen molar-refractivity contribution in [1.82, 2.24) is 9.66 Å². The van der Waals surface area contributed by atoms with Gasteiger partial charge in [0.25, 0.3) is 11.5 Å². The van der Waals surface area contributed by atoms with E-state index in [2.05, 4.69) is 10.4 Å². The molecule has 0 saturated heterocycles. The number of nitrogens with one attached hydrogen (secondary N) is 1. The normalized spacial score (nSPS) is 13.6. The largest absolute Gasteiger partial charge is 0.422 e. The van der Waals surface area contributed by atoms with E-state index in [1.807, 2.05) is 0 Å². The summed E-state index contributed by atoms with van der Waals surface area (Å²) >= 11 is 1.55. The lowest BCUT2D eigenvalue weighted by molar-refractivity contribution is 0.100. The highest BCUT2D eigenvalue weighted by molar-refractivity contribution is 7.18. The molecule has 1 N–H and O–H groups in total. The van der Waals surface area contributed by atoms with Crippen LogP contribution in [0.15, 0.2) is 44.3 Å². The van der Waals surface area contributed by atoms with E-state index in [-0.39, 0.29) is 11.1 Å². The number of aryl methyl sites for hydroxylation is 3. The van der Waals surface area contributed by atoms with E-state index in [1.54, 1.807) is 42.5 Å². The van der Waals surface area contributed by atoms with Gasteiger partial charge in [0.15, 0.2) is 0 Å². The Balaban J connectivity index is 1.60. The van der Waals surface area contributed by atoms with Crippen molar-refractivity contribution in [3.63, 3.8) is 0 Å². The molecule has 0 saturated carbocycles. The number of benzene rings is 1. The molecular weight excluding hydrogens is 390 g/mol. The first-order valence-electron chi connectivity index (χ1n) is 9.41. The van der Waals surface area contributed by atoms with E-state index in [4.69, 9.17) is 4.42 Å². The number of fused-ring (bicyclic) bond motifs is 4. The lowest BCUT2D eigenvalue weighted by Crippen LogP contribution is -2.37. The maximum atomic E-state index is 13.2. The number of para-hydroxylation sites is 1. The van der Waals surface area contributed by atoms with Crippen LogP contribution in [0.3, 0.4) is 0 Å². The fraction of sp³-hybridized carbons (Fsp3) is 0.238. The summed E-state index contributed by atoms with van der Waals surface area (Å²) in [5.74, 6) is -0.348. The minimum absolute atomic E-state index is 0.164. The molecule has 1 aliphatic carbocycles. The summed E-state index contributed by atoms with van der Waals surface area (Å²) in [4.78, 5) is 44.7. The fourth-order valence-corrected chi connectivity index (χ4v) is 5.12. The molecule has 8 heteroatoms. The van der Waals surface area contributed by atoms with E-state index in [1.165, 1.54) is 10.9 Å². The predicted molar refractivity (Wildman–Crippen MR) is 111 cm³/mol. The number of rotatable bonds is 2. The Morgan fingerprint density at radius 1 is 1.21 bits per heavy atom. The number of carbonyl (C=O) groups is 1. The number of carbonyl (C=O) groups excluding carboxylic acids is 1. The van der Waals surface area contributed by atoms with Crippen molar-refractivity contribution in [1.29, 1.82) is 0 Å². The maximum Gasteiger partial charge on any atom is 0.349 e. The molecule has 29 heavy (non-hydrogen) atoms. The molecule has 1 aromatic carbocycles. The molecule has 3 heterocycles. The Morgan fingerprint density at radius 2 is 2.00 bits per heavy atom. The third-order valence-corrected chi connectivity index (χ3v) is 6.44. The van der Waals surface area contributed by atoms with Crippen LogP contribution in [-0.4, -0.2) is 15.6 Å². The van der Waals surface area contributed by atoms with Gasteiger partial charge in [-0.15, -0.1) is 11.3 Å². The Morgan fingerprint density at radius 3 is 2.86 bits per heavy atom. The van der Waals surface area contributed by atoms with Crippen molar-refractivity contribution in [2.24, 2.45) is 0 Å². The van der Waals surface area contributed by atoms with Crippen LogP contribution in [0, 0.1) is 6.92 Å². The topological polar surface area (TPSA) is 94.2 Å². The molecule has 0 bridgehead atoms. The van der Waals surface area contributed by atoms with Crippen LogP contribution in [0.1, 0.15) is 39.5 Å². The van der Waals surface area contributed by atoms with Gasteiger partial charge in [0.2, 0.25) is 0 Å². The van der Waals surface area contributed by atoms with Crippen molar-refractivity contribution >= 4 is 38.4 Å². The molecule has 4 aromatic rings. The second-order valence-electron chi connectivity index (χ2n) is 7.12. The summed E-state index contributed by atoms with van der Waals surface area (Å²) in [5, 5.41) is 1.20. The summed E-state index contributed by atoms with van der Waals surface area (Å²) in [6.45, 7) is 1.66. The Hall–Kier alpha value is -3.26. The highest BCUT2D eigenvalue weighted by Crippen LogP contribution is 2.33. The van der Waals surface area contributed by atoms with Gasteiger partial charge in [-0.05, 0) is 50.3 Å². The molecule has 1 amide bonds. The number of thiophene rings is 1. The summed E-state index contributed by atoms with van der Waals surface area (Å²) < 4.78 is 6.35. The first-order chi connectivity index (χ1) is 14.0. The number of aromatic nitrogens is 2. The van der Waals surface area contributed by atoms with Crippen molar-refractivity contribution in [2.45, 2.75) is 32.6 Å². The van der Waals surface area contributed by atoms with Crippen LogP contribution in [-0.2, 0) is 12.8 Å². The van der Waals surface area contributed by atoms with E-state index in [9.17, 15) is 14.4 Å². The van der Waals surface area contributed by atoms with E-state index < -0.39 is 11.5 Å². The van der Waals surface area contributed by atoms with Crippen LogP contribution >= 0.6 is 11.3 Å². The predicted octanol–water partition coefficient (Wildman–Crippen LogP) is 3.14. The first-order valence-corrected chi connectivity index (χ1v) is 10.2. The van der Waals surface area contributed by atoms with Crippen molar-refractivity contribution < 1.29 is 9.21 Å². The van der Waals surface area contributed by atoms with Gasteiger partial charge in [-0.25, -0.2) is 14.5 Å². The third-order valence-electron chi connectivity index (χ3n) is 5.26. The zero-order chi connectivity index (χ0) is 20.1. The minimum Gasteiger partial charge on any atom is -0.422 e. The average Bonchev–Trinajstić information content (AvgIpc) is 3.08. The van der Waals surface area contributed by atoms with Crippen molar-refractivity contribution in [3.05, 3.63) is 72.9 Å². The molecular formula is C21H17N3O4S. The van der Waals surface area contributed by atoms with Gasteiger partial charge in [-0.2, -0.15) is 0 Å². The quantitative estimate of drug-likeness (QED) is 0.515. The van der Waals surface area contributed by atoms with Gasteiger partial charge in [0.05, 0.1) is 5.39 Å². The Labute approximate surface area is 168 Å². The zero-order valence-electron chi connectivity index (χ0n) is 15.7. The van der Waals surface area contributed by atoms with Gasteiger partial charge in [0, 0.05) is 10.3 Å². The number of hydrogen-bond donors (Lipinski definition) is 1. The van der Waals surface area contributed by atoms with E-state index in [0.29, 0.717) is 27.0 Å². The monoisotopic (exact) mass is 407 g/mol. The number of nitrogens with zero attached hydrogens (tertiary/aromatic N) is 2. The standard InChI is InChI=1S/C21H17N3O4S/c1-11-22-19-17(13-7-3-5-9-16(13)29-19)20(26)24(11)23-18(25)14-10-12-6-2-4-8-15(12)28-21(14)27/h2,4,6,8,10H,3,5,7,9H2,1H3,(H,23,25). The highest BCUT2D eigenvalue weighted by atomic mass is 32.1. The van der Waals surface area contributed by atoms with Gasteiger partial charge in [-0.3, -0.25) is 15.0 Å². The van der Waals surface area contributed by atoms with E-state index in [0.717, 1.165) is 35.9 Å². The van der Waals surface area contributed by atoms with Crippen LogP contribution in [0.5, 0.6) is 0 Å². The smallest absolute Gasteiger partial charge is 0.349 e. The number of amides is 1. The molecule has 7 nitrogen and oxygen atoms in total. The number of hydrogen-bond acceptors (Lipinski definition) is 6. The lowest BCUT2D eigenvalue weighted by atomic mass is 9.97. The Kier molecular flexibility index (Phi) is 4.09.